The number of anilines is 2. The summed E-state index contributed by atoms with van der Waals surface area (Å²) in [4.78, 5) is 0. The van der Waals surface area contributed by atoms with Gasteiger partial charge in [-0.2, -0.15) is 5.10 Å². The number of aromatic nitrogens is 2. The van der Waals surface area contributed by atoms with Crippen molar-refractivity contribution >= 4 is 44.8 Å². The van der Waals surface area contributed by atoms with Crippen LogP contribution in [0.2, 0.25) is 0 Å². The van der Waals surface area contributed by atoms with Crippen LogP contribution in [0.15, 0.2) is 65.3 Å². The smallest absolute Gasteiger partial charge is 0.176 e. The van der Waals surface area contributed by atoms with Crippen molar-refractivity contribution in [1.82, 2.24) is 9.78 Å². The van der Waals surface area contributed by atoms with Crippen LogP contribution in [0.1, 0.15) is 12.5 Å². The van der Waals surface area contributed by atoms with E-state index in [9.17, 15) is 0 Å². The molecule has 2 aromatic carbocycles. The lowest BCUT2D eigenvalue weighted by molar-refractivity contribution is 0.342. The third-order valence-electron chi connectivity index (χ3n) is 3.58. The Morgan fingerprint density at radius 1 is 1.12 bits per heavy atom. The number of hydrogen-bond donors (Lipinski definition) is 2. The number of nitrogens with zero attached hydrogens (tertiary/aromatic N) is 2. The molecule has 5 nitrogen and oxygen atoms in total. The number of benzene rings is 2. The highest BCUT2D eigenvalue weighted by molar-refractivity contribution is 9.10. The molecule has 0 unspecified atom stereocenters. The van der Waals surface area contributed by atoms with Crippen molar-refractivity contribution in [3.05, 3.63) is 70.8 Å². The van der Waals surface area contributed by atoms with Crippen LogP contribution in [0.25, 0.3) is 0 Å². The van der Waals surface area contributed by atoms with E-state index in [0.717, 1.165) is 15.9 Å². The highest BCUT2D eigenvalue weighted by atomic mass is 79.9. The molecule has 0 radical (unpaired) electrons. The van der Waals surface area contributed by atoms with E-state index in [1.54, 1.807) is 0 Å². The molecule has 3 rings (SSSR count). The van der Waals surface area contributed by atoms with Crippen LogP contribution >= 0.6 is 28.1 Å². The van der Waals surface area contributed by atoms with Crippen molar-refractivity contribution in [3.63, 3.8) is 0 Å². The van der Waals surface area contributed by atoms with Gasteiger partial charge in [-0.25, -0.2) is 0 Å². The standard InChI is InChI=1S/C19H19BrN4OS/c1-2-25-17-6-4-3-5-16(17)21-19(26)22-18-11-12-24(23-18)13-14-7-9-15(20)10-8-14/h3-12H,2,13H2,1H3,(H2,21,22,23,26). The molecule has 0 aliphatic rings. The zero-order chi connectivity index (χ0) is 18.4. The summed E-state index contributed by atoms with van der Waals surface area (Å²) < 4.78 is 8.52. The Balaban J connectivity index is 1.60. The second-order valence-electron chi connectivity index (χ2n) is 5.53. The molecular formula is C19H19BrN4OS. The molecule has 0 atom stereocenters. The number of ether oxygens (including phenoxy) is 1. The lowest BCUT2D eigenvalue weighted by Gasteiger charge is -2.13. The molecule has 0 bridgehead atoms. The average molecular weight is 431 g/mol. The minimum Gasteiger partial charge on any atom is -0.492 e. The lowest BCUT2D eigenvalue weighted by Crippen LogP contribution is -2.20. The van der Waals surface area contributed by atoms with Crippen LogP contribution in [0.3, 0.4) is 0 Å². The second kappa shape index (κ2) is 8.82. The van der Waals surface area contributed by atoms with Crippen molar-refractivity contribution in [1.29, 1.82) is 0 Å². The van der Waals surface area contributed by atoms with E-state index in [-0.39, 0.29) is 0 Å². The minimum absolute atomic E-state index is 0.464. The molecule has 1 aromatic heterocycles. The molecule has 0 spiro atoms. The van der Waals surface area contributed by atoms with E-state index in [2.05, 4.69) is 43.8 Å². The Kier molecular flexibility index (Phi) is 6.25. The summed E-state index contributed by atoms with van der Waals surface area (Å²) in [5, 5.41) is 11.2. The van der Waals surface area contributed by atoms with E-state index in [1.807, 2.05) is 60.3 Å². The maximum Gasteiger partial charge on any atom is 0.176 e. The summed E-state index contributed by atoms with van der Waals surface area (Å²) in [6, 6.07) is 17.7. The molecule has 0 fully saturated rings. The first-order chi connectivity index (χ1) is 12.6. The molecule has 0 saturated heterocycles. The number of thiocarbonyl (C=S) groups is 1. The molecule has 0 aliphatic heterocycles. The Hall–Kier alpha value is -2.38. The van der Waals surface area contributed by atoms with Gasteiger partial charge in [0.1, 0.15) is 5.75 Å². The van der Waals surface area contributed by atoms with Crippen molar-refractivity contribution in [3.8, 4) is 5.75 Å². The number of halogens is 1. The van der Waals surface area contributed by atoms with Crippen LogP contribution in [0, 0.1) is 0 Å². The molecule has 134 valence electrons. The molecule has 2 N–H and O–H groups in total. The third kappa shape index (κ3) is 5.06. The van der Waals surface area contributed by atoms with Gasteiger partial charge in [-0.15, -0.1) is 0 Å². The highest BCUT2D eigenvalue weighted by Gasteiger charge is 2.06. The quantitative estimate of drug-likeness (QED) is 0.544. The summed E-state index contributed by atoms with van der Waals surface area (Å²) >= 11 is 8.82. The number of hydrogen-bond acceptors (Lipinski definition) is 3. The van der Waals surface area contributed by atoms with E-state index in [4.69, 9.17) is 17.0 Å². The van der Waals surface area contributed by atoms with Crippen LogP contribution in [-0.4, -0.2) is 21.5 Å². The molecule has 0 amide bonds. The van der Waals surface area contributed by atoms with Crippen LogP contribution < -0.4 is 15.4 Å². The number of nitrogens with one attached hydrogen (secondary N) is 2. The van der Waals surface area contributed by atoms with E-state index in [0.29, 0.717) is 24.1 Å². The second-order valence-corrected chi connectivity index (χ2v) is 6.86. The predicted octanol–water partition coefficient (Wildman–Crippen LogP) is 4.90. The Labute approximate surface area is 166 Å². The van der Waals surface area contributed by atoms with E-state index < -0.39 is 0 Å². The highest BCUT2D eigenvalue weighted by Crippen LogP contribution is 2.23. The van der Waals surface area contributed by atoms with Crippen molar-refractivity contribution in [2.24, 2.45) is 0 Å². The predicted molar refractivity (Wildman–Crippen MR) is 113 cm³/mol. The van der Waals surface area contributed by atoms with Gasteiger partial charge in [0.25, 0.3) is 0 Å². The zero-order valence-electron chi connectivity index (χ0n) is 14.3. The van der Waals surface area contributed by atoms with Gasteiger partial charge in [-0.05, 0) is 49.0 Å². The number of para-hydroxylation sites is 2. The Morgan fingerprint density at radius 3 is 2.65 bits per heavy atom. The Morgan fingerprint density at radius 2 is 1.88 bits per heavy atom. The fraction of sp³-hybridized carbons (Fsp3) is 0.158. The summed E-state index contributed by atoms with van der Waals surface area (Å²) in [5.74, 6) is 1.45. The van der Waals surface area contributed by atoms with Gasteiger partial charge in [-0.1, -0.05) is 40.2 Å². The van der Waals surface area contributed by atoms with Crippen LogP contribution in [0.5, 0.6) is 5.75 Å². The van der Waals surface area contributed by atoms with Gasteiger partial charge < -0.3 is 15.4 Å². The topological polar surface area (TPSA) is 51.1 Å². The third-order valence-corrected chi connectivity index (χ3v) is 4.31. The normalized spacial score (nSPS) is 10.4. The average Bonchev–Trinajstić information content (AvgIpc) is 3.05. The molecule has 1 heterocycles. The van der Waals surface area contributed by atoms with Crippen molar-refractivity contribution in [2.45, 2.75) is 13.5 Å². The summed E-state index contributed by atoms with van der Waals surface area (Å²) in [7, 11) is 0. The van der Waals surface area contributed by atoms with Gasteiger partial charge in [0, 0.05) is 16.7 Å². The zero-order valence-corrected chi connectivity index (χ0v) is 16.7. The van der Waals surface area contributed by atoms with Gasteiger partial charge in [0.05, 0.1) is 18.8 Å². The lowest BCUT2D eigenvalue weighted by atomic mass is 10.2. The largest absolute Gasteiger partial charge is 0.492 e. The molecule has 0 aliphatic carbocycles. The Bertz CT molecular complexity index is 879. The molecule has 26 heavy (non-hydrogen) atoms. The first-order valence-corrected chi connectivity index (χ1v) is 9.42. The van der Waals surface area contributed by atoms with Gasteiger partial charge in [0.15, 0.2) is 10.9 Å². The fourth-order valence-corrected chi connectivity index (χ4v) is 2.89. The van der Waals surface area contributed by atoms with Gasteiger partial charge in [0.2, 0.25) is 0 Å². The molecular weight excluding hydrogens is 412 g/mol. The summed E-state index contributed by atoms with van der Waals surface area (Å²) in [6.45, 7) is 3.24. The minimum atomic E-state index is 0.464. The molecule has 3 aromatic rings. The summed E-state index contributed by atoms with van der Waals surface area (Å²) in [6.07, 6.45) is 1.92. The van der Waals surface area contributed by atoms with Gasteiger partial charge in [-0.3, -0.25) is 4.68 Å². The first-order valence-electron chi connectivity index (χ1n) is 8.22. The van der Waals surface area contributed by atoms with Crippen LogP contribution in [-0.2, 0) is 6.54 Å². The monoisotopic (exact) mass is 430 g/mol. The van der Waals surface area contributed by atoms with Crippen molar-refractivity contribution < 1.29 is 4.74 Å². The summed E-state index contributed by atoms with van der Waals surface area (Å²) in [5.41, 5.74) is 2.00. The maximum absolute atomic E-state index is 5.59. The van der Waals surface area contributed by atoms with Crippen LogP contribution in [0.4, 0.5) is 11.5 Å². The SMILES string of the molecule is CCOc1ccccc1NC(=S)Nc1ccn(Cc2ccc(Br)cc2)n1. The molecule has 7 heteroatoms. The maximum atomic E-state index is 5.59. The van der Waals surface area contributed by atoms with Crippen molar-refractivity contribution in [2.75, 3.05) is 17.2 Å². The first kappa shape index (κ1) is 18.4. The van der Waals surface area contributed by atoms with E-state index >= 15 is 0 Å². The van der Waals surface area contributed by atoms with Gasteiger partial charge >= 0.3 is 0 Å². The van der Waals surface area contributed by atoms with E-state index in [1.165, 1.54) is 5.56 Å². The number of rotatable bonds is 6. The fourth-order valence-electron chi connectivity index (χ4n) is 2.41. The molecule has 0 saturated carbocycles.